The second-order valence-electron chi connectivity index (χ2n) is 3.44. The molecule has 1 unspecified atom stereocenters. The quantitative estimate of drug-likeness (QED) is 0.582. The average molecular weight is 185 g/mol. The summed E-state index contributed by atoms with van der Waals surface area (Å²) in [4.78, 5) is 0. The van der Waals surface area contributed by atoms with Crippen molar-refractivity contribution in [3.8, 4) is 11.8 Å². The fourth-order valence-electron chi connectivity index (χ4n) is 1.69. The van der Waals surface area contributed by atoms with Gasteiger partial charge in [0.15, 0.2) is 0 Å². The highest BCUT2D eigenvalue weighted by Gasteiger charge is 2.20. The minimum Gasteiger partial charge on any atom is -0.492 e. The Balaban J connectivity index is 2.53. The number of para-hydroxylation sites is 1. The Kier molecular flexibility index (Phi) is 2.24. The Labute approximate surface area is 83.4 Å². The Morgan fingerprint density at radius 2 is 2.29 bits per heavy atom. The van der Waals surface area contributed by atoms with Gasteiger partial charge in [-0.1, -0.05) is 25.1 Å². The average Bonchev–Trinajstić information content (AvgIpc) is 2.23. The van der Waals surface area contributed by atoms with Gasteiger partial charge in [0, 0.05) is 17.6 Å². The number of ether oxygens (including phenoxy) is 1. The van der Waals surface area contributed by atoms with Crippen LogP contribution in [0.3, 0.4) is 0 Å². The van der Waals surface area contributed by atoms with Gasteiger partial charge >= 0.3 is 0 Å². The molecular formula is C12H11NO. The van der Waals surface area contributed by atoms with E-state index in [0.29, 0.717) is 12.5 Å². The molecule has 0 N–H and O–H groups in total. The number of allylic oxidation sites excluding steroid dienone is 1. The summed E-state index contributed by atoms with van der Waals surface area (Å²) in [6, 6.07) is 9.93. The van der Waals surface area contributed by atoms with Crippen LogP contribution >= 0.6 is 0 Å². The summed E-state index contributed by atoms with van der Waals surface area (Å²) in [5, 5.41) is 8.69. The van der Waals surface area contributed by atoms with Crippen LogP contribution in [0.2, 0.25) is 0 Å². The van der Waals surface area contributed by atoms with Crippen LogP contribution in [0, 0.1) is 17.2 Å². The molecule has 0 aliphatic carbocycles. The van der Waals surface area contributed by atoms with E-state index in [1.165, 1.54) is 0 Å². The molecule has 0 amide bonds. The largest absolute Gasteiger partial charge is 0.492 e. The molecule has 0 saturated carbocycles. The standard InChI is InChI=1S/C12H11NO/c1-9-8-14-12-5-3-2-4-11(12)10(9)6-7-13/h2-6,9H,8H2,1H3/b10-6-. The number of benzene rings is 1. The third-order valence-electron chi connectivity index (χ3n) is 2.44. The van der Waals surface area contributed by atoms with Gasteiger partial charge < -0.3 is 4.74 Å². The first kappa shape index (κ1) is 8.83. The molecule has 1 aliphatic rings. The zero-order valence-corrected chi connectivity index (χ0v) is 8.03. The van der Waals surface area contributed by atoms with Crippen molar-refractivity contribution >= 4 is 5.57 Å². The van der Waals surface area contributed by atoms with E-state index in [2.05, 4.69) is 13.0 Å². The lowest BCUT2D eigenvalue weighted by Gasteiger charge is -2.24. The maximum atomic E-state index is 8.69. The first-order valence-corrected chi connectivity index (χ1v) is 4.65. The van der Waals surface area contributed by atoms with Gasteiger partial charge in [0.1, 0.15) is 5.75 Å². The zero-order valence-electron chi connectivity index (χ0n) is 8.03. The lowest BCUT2D eigenvalue weighted by Crippen LogP contribution is -2.16. The molecule has 2 heteroatoms. The Hall–Kier alpha value is -1.75. The Morgan fingerprint density at radius 3 is 3.07 bits per heavy atom. The van der Waals surface area contributed by atoms with Crippen LogP contribution in [0.4, 0.5) is 0 Å². The first-order chi connectivity index (χ1) is 6.83. The van der Waals surface area contributed by atoms with Gasteiger partial charge in [0.25, 0.3) is 0 Å². The van der Waals surface area contributed by atoms with Crippen molar-refractivity contribution in [1.29, 1.82) is 5.26 Å². The van der Waals surface area contributed by atoms with Gasteiger partial charge in [-0.3, -0.25) is 0 Å². The fraction of sp³-hybridized carbons (Fsp3) is 0.250. The second-order valence-corrected chi connectivity index (χ2v) is 3.44. The van der Waals surface area contributed by atoms with Gasteiger partial charge in [0.2, 0.25) is 0 Å². The van der Waals surface area contributed by atoms with Crippen molar-refractivity contribution in [2.45, 2.75) is 6.92 Å². The van der Waals surface area contributed by atoms with E-state index >= 15 is 0 Å². The summed E-state index contributed by atoms with van der Waals surface area (Å²) < 4.78 is 5.56. The van der Waals surface area contributed by atoms with Gasteiger partial charge in [-0.25, -0.2) is 0 Å². The normalized spacial score (nSPS) is 22.3. The molecule has 1 aromatic carbocycles. The van der Waals surface area contributed by atoms with Crippen molar-refractivity contribution in [2.24, 2.45) is 5.92 Å². The van der Waals surface area contributed by atoms with Crippen molar-refractivity contribution in [2.75, 3.05) is 6.61 Å². The van der Waals surface area contributed by atoms with Crippen LogP contribution in [0.15, 0.2) is 30.3 Å². The van der Waals surface area contributed by atoms with E-state index in [4.69, 9.17) is 10.00 Å². The SMILES string of the molecule is CC1COc2ccccc2/C1=C\C#N. The molecule has 2 rings (SSSR count). The van der Waals surface area contributed by atoms with E-state index in [0.717, 1.165) is 16.9 Å². The van der Waals surface area contributed by atoms with Crippen LogP contribution in [0.5, 0.6) is 5.75 Å². The topological polar surface area (TPSA) is 33.0 Å². The molecule has 0 radical (unpaired) electrons. The van der Waals surface area contributed by atoms with Crippen molar-refractivity contribution in [3.63, 3.8) is 0 Å². The summed E-state index contributed by atoms with van der Waals surface area (Å²) in [5.41, 5.74) is 2.13. The monoisotopic (exact) mass is 185 g/mol. The fourth-order valence-corrected chi connectivity index (χ4v) is 1.69. The van der Waals surface area contributed by atoms with E-state index in [-0.39, 0.29) is 0 Å². The minimum absolute atomic E-state index is 0.296. The maximum Gasteiger partial charge on any atom is 0.126 e. The van der Waals surface area contributed by atoms with Gasteiger partial charge in [-0.05, 0) is 11.6 Å². The van der Waals surface area contributed by atoms with Crippen LogP contribution in [-0.2, 0) is 0 Å². The molecule has 14 heavy (non-hydrogen) atoms. The van der Waals surface area contributed by atoms with Gasteiger partial charge in [-0.2, -0.15) is 5.26 Å². The van der Waals surface area contributed by atoms with Crippen LogP contribution in [0.1, 0.15) is 12.5 Å². The lowest BCUT2D eigenvalue weighted by atomic mass is 9.91. The number of fused-ring (bicyclic) bond motifs is 1. The van der Waals surface area contributed by atoms with E-state index in [1.54, 1.807) is 6.08 Å². The lowest BCUT2D eigenvalue weighted by molar-refractivity contribution is 0.276. The molecule has 1 aliphatic heterocycles. The number of hydrogen-bond donors (Lipinski definition) is 0. The summed E-state index contributed by atoms with van der Waals surface area (Å²) >= 11 is 0. The number of nitriles is 1. The van der Waals surface area contributed by atoms with E-state index in [1.807, 2.05) is 24.3 Å². The third kappa shape index (κ3) is 1.38. The predicted octanol–water partition coefficient (Wildman–Crippen LogP) is 2.62. The Bertz CT molecular complexity index is 415. The summed E-state index contributed by atoms with van der Waals surface area (Å²) in [7, 11) is 0. The first-order valence-electron chi connectivity index (χ1n) is 4.65. The highest BCUT2D eigenvalue weighted by Crippen LogP contribution is 2.35. The molecule has 0 fully saturated rings. The molecular weight excluding hydrogens is 174 g/mol. The van der Waals surface area contributed by atoms with Crippen molar-refractivity contribution < 1.29 is 4.74 Å². The molecule has 0 spiro atoms. The predicted molar refractivity (Wildman–Crippen MR) is 54.7 cm³/mol. The summed E-state index contributed by atoms with van der Waals surface area (Å²) in [6.07, 6.45) is 1.62. The minimum atomic E-state index is 0.296. The van der Waals surface area contributed by atoms with Crippen LogP contribution in [-0.4, -0.2) is 6.61 Å². The van der Waals surface area contributed by atoms with Crippen LogP contribution in [0.25, 0.3) is 5.57 Å². The highest BCUT2D eigenvalue weighted by molar-refractivity contribution is 5.74. The molecule has 0 bridgehead atoms. The molecule has 0 aromatic heterocycles. The number of hydrogen-bond acceptors (Lipinski definition) is 2. The molecule has 1 atom stereocenters. The van der Waals surface area contributed by atoms with Crippen LogP contribution < -0.4 is 4.74 Å². The summed E-state index contributed by atoms with van der Waals surface area (Å²) in [6.45, 7) is 2.73. The second kappa shape index (κ2) is 3.55. The van der Waals surface area contributed by atoms with Gasteiger partial charge in [-0.15, -0.1) is 0 Å². The zero-order chi connectivity index (χ0) is 9.97. The van der Waals surface area contributed by atoms with Crippen molar-refractivity contribution in [3.05, 3.63) is 35.9 Å². The Morgan fingerprint density at radius 1 is 1.50 bits per heavy atom. The van der Waals surface area contributed by atoms with E-state index in [9.17, 15) is 0 Å². The third-order valence-corrected chi connectivity index (χ3v) is 2.44. The highest BCUT2D eigenvalue weighted by atomic mass is 16.5. The maximum absolute atomic E-state index is 8.69. The molecule has 1 heterocycles. The molecule has 2 nitrogen and oxygen atoms in total. The number of nitrogens with zero attached hydrogens (tertiary/aromatic N) is 1. The van der Waals surface area contributed by atoms with Crippen molar-refractivity contribution in [1.82, 2.24) is 0 Å². The smallest absolute Gasteiger partial charge is 0.126 e. The summed E-state index contributed by atoms with van der Waals surface area (Å²) in [5.74, 6) is 1.18. The molecule has 1 aromatic rings. The van der Waals surface area contributed by atoms with Gasteiger partial charge in [0.05, 0.1) is 12.7 Å². The van der Waals surface area contributed by atoms with E-state index < -0.39 is 0 Å². The molecule has 70 valence electrons. The number of rotatable bonds is 0. The molecule has 0 saturated heterocycles.